The summed E-state index contributed by atoms with van der Waals surface area (Å²) >= 11 is 0. The zero-order valence-electron chi connectivity index (χ0n) is 12.0. The third-order valence-corrected chi connectivity index (χ3v) is 3.77. The molecule has 0 amide bonds. The first-order chi connectivity index (χ1) is 9.40. The summed E-state index contributed by atoms with van der Waals surface area (Å²) in [7, 11) is 0. The second kappa shape index (κ2) is 8.21. The van der Waals surface area contributed by atoms with Gasteiger partial charge in [0.15, 0.2) is 0 Å². The highest BCUT2D eigenvalue weighted by Gasteiger charge is 2.29. The minimum atomic E-state index is 0.234. The summed E-state index contributed by atoms with van der Waals surface area (Å²) in [5.74, 6) is 0.969. The van der Waals surface area contributed by atoms with E-state index in [2.05, 4.69) is 6.92 Å². The topological polar surface area (TPSA) is 18.5 Å². The molecule has 0 radical (unpaired) electrons. The normalized spacial score (nSPS) is 19.7. The Balaban J connectivity index is 1.75. The van der Waals surface area contributed by atoms with Crippen molar-refractivity contribution in [2.24, 2.45) is 0 Å². The van der Waals surface area contributed by atoms with Gasteiger partial charge in [-0.1, -0.05) is 50.8 Å². The molecule has 0 saturated carbocycles. The predicted octanol–water partition coefficient (Wildman–Crippen LogP) is 4.58. The van der Waals surface area contributed by atoms with Crippen molar-refractivity contribution in [3.63, 3.8) is 0 Å². The summed E-state index contributed by atoms with van der Waals surface area (Å²) in [6, 6.07) is 10.1. The van der Waals surface area contributed by atoms with Crippen LogP contribution in [0.1, 0.15) is 51.9 Å². The highest BCUT2D eigenvalue weighted by Crippen LogP contribution is 2.24. The molecule has 0 bridgehead atoms. The van der Waals surface area contributed by atoms with Crippen molar-refractivity contribution in [3.8, 4) is 5.75 Å². The van der Waals surface area contributed by atoms with Gasteiger partial charge >= 0.3 is 0 Å². The van der Waals surface area contributed by atoms with Crippen molar-refractivity contribution in [2.75, 3.05) is 6.61 Å². The maximum atomic E-state index is 6.10. The van der Waals surface area contributed by atoms with E-state index < -0.39 is 0 Å². The minimum Gasteiger partial charge on any atom is -0.488 e. The third-order valence-electron chi connectivity index (χ3n) is 3.77. The Bertz CT molecular complexity index is 332. The largest absolute Gasteiger partial charge is 0.488 e. The van der Waals surface area contributed by atoms with Gasteiger partial charge in [0.1, 0.15) is 11.9 Å². The number of para-hydroxylation sites is 1. The molecule has 2 heteroatoms. The lowest BCUT2D eigenvalue weighted by molar-refractivity contribution is -0.110. The van der Waals surface area contributed by atoms with Crippen LogP contribution in [0.15, 0.2) is 30.3 Å². The molecule has 1 aliphatic rings. The smallest absolute Gasteiger partial charge is 0.125 e. The van der Waals surface area contributed by atoms with Crippen LogP contribution in [-0.4, -0.2) is 18.8 Å². The summed E-state index contributed by atoms with van der Waals surface area (Å²) in [5.41, 5.74) is 0. The van der Waals surface area contributed by atoms with Gasteiger partial charge in [0, 0.05) is 13.0 Å². The second-order valence-electron chi connectivity index (χ2n) is 5.37. The Morgan fingerprint density at radius 2 is 1.89 bits per heavy atom. The van der Waals surface area contributed by atoms with Crippen molar-refractivity contribution in [2.45, 2.75) is 64.1 Å². The molecular formula is C17H26O2. The molecule has 0 aliphatic carbocycles. The molecule has 1 fully saturated rings. The van der Waals surface area contributed by atoms with Crippen LogP contribution in [-0.2, 0) is 4.74 Å². The Kier molecular flexibility index (Phi) is 6.22. The van der Waals surface area contributed by atoms with E-state index in [4.69, 9.17) is 9.47 Å². The molecule has 1 saturated heterocycles. The Morgan fingerprint density at radius 3 is 2.53 bits per heavy atom. The van der Waals surface area contributed by atoms with Crippen LogP contribution in [0.2, 0.25) is 0 Å². The van der Waals surface area contributed by atoms with Gasteiger partial charge in [-0.3, -0.25) is 0 Å². The van der Waals surface area contributed by atoms with Crippen molar-refractivity contribution in [3.05, 3.63) is 30.3 Å². The maximum absolute atomic E-state index is 6.10. The average Bonchev–Trinajstić information content (AvgIpc) is 2.37. The molecule has 1 aliphatic heterocycles. The van der Waals surface area contributed by atoms with E-state index in [1.54, 1.807) is 0 Å². The summed E-state index contributed by atoms with van der Waals surface area (Å²) in [6.45, 7) is 3.15. The summed E-state index contributed by atoms with van der Waals surface area (Å²) in [6.07, 6.45) is 9.37. The van der Waals surface area contributed by atoms with Crippen LogP contribution in [0.25, 0.3) is 0 Å². The van der Waals surface area contributed by atoms with E-state index in [-0.39, 0.29) is 6.10 Å². The number of hydrogen-bond acceptors (Lipinski definition) is 2. The van der Waals surface area contributed by atoms with Gasteiger partial charge in [0.25, 0.3) is 0 Å². The van der Waals surface area contributed by atoms with Gasteiger partial charge < -0.3 is 9.47 Å². The fourth-order valence-electron chi connectivity index (χ4n) is 2.49. The van der Waals surface area contributed by atoms with E-state index in [0.29, 0.717) is 6.10 Å². The molecular weight excluding hydrogens is 236 g/mol. The molecule has 2 atom stereocenters. The van der Waals surface area contributed by atoms with Crippen molar-refractivity contribution in [1.82, 2.24) is 0 Å². The van der Waals surface area contributed by atoms with E-state index in [9.17, 15) is 0 Å². The first-order valence-electron chi connectivity index (χ1n) is 7.73. The third kappa shape index (κ3) is 4.87. The molecule has 2 nitrogen and oxygen atoms in total. The highest BCUT2D eigenvalue weighted by molar-refractivity contribution is 5.21. The Morgan fingerprint density at radius 1 is 1.16 bits per heavy atom. The standard InChI is InChI=1S/C17H26O2/c1-2-3-4-5-9-12-17(16-13-14-18-16)19-15-10-7-6-8-11-15/h6-8,10-11,16-17H,2-5,9,12-14H2,1H3. The Labute approximate surface area is 117 Å². The lowest BCUT2D eigenvalue weighted by atomic mass is 10.00. The maximum Gasteiger partial charge on any atom is 0.125 e. The summed E-state index contributed by atoms with van der Waals surface area (Å²) < 4.78 is 11.7. The lowest BCUT2D eigenvalue weighted by Gasteiger charge is -2.34. The second-order valence-corrected chi connectivity index (χ2v) is 5.37. The lowest BCUT2D eigenvalue weighted by Crippen LogP contribution is -2.41. The number of unbranched alkanes of at least 4 members (excludes halogenated alkanes) is 4. The number of hydrogen-bond donors (Lipinski definition) is 0. The van der Waals surface area contributed by atoms with E-state index in [1.807, 2.05) is 30.3 Å². The number of benzene rings is 1. The fourth-order valence-corrected chi connectivity index (χ4v) is 2.49. The molecule has 2 unspecified atom stereocenters. The summed E-state index contributed by atoms with van der Waals surface area (Å²) in [4.78, 5) is 0. The van der Waals surface area contributed by atoms with Crippen molar-refractivity contribution < 1.29 is 9.47 Å². The molecule has 1 heterocycles. The van der Waals surface area contributed by atoms with Gasteiger partial charge in [0.05, 0.1) is 6.10 Å². The van der Waals surface area contributed by atoms with E-state index >= 15 is 0 Å². The first-order valence-corrected chi connectivity index (χ1v) is 7.73. The number of rotatable bonds is 9. The molecule has 0 N–H and O–H groups in total. The average molecular weight is 262 g/mol. The van der Waals surface area contributed by atoms with Crippen molar-refractivity contribution >= 4 is 0 Å². The monoisotopic (exact) mass is 262 g/mol. The van der Waals surface area contributed by atoms with Gasteiger partial charge in [-0.05, 0) is 25.0 Å². The Hall–Kier alpha value is -1.02. The molecule has 1 aromatic carbocycles. The van der Waals surface area contributed by atoms with Crippen LogP contribution in [0.4, 0.5) is 0 Å². The first kappa shape index (κ1) is 14.4. The molecule has 106 valence electrons. The van der Waals surface area contributed by atoms with Crippen LogP contribution in [0.3, 0.4) is 0 Å². The molecule has 19 heavy (non-hydrogen) atoms. The van der Waals surface area contributed by atoms with Crippen LogP contribution >= 0.6 is 0 Å². The van der Waals surface area contributed by atoms with Gasteiger partial charge in [-0.15, -0.1) is 0 Å². The quantitative estimate of drug-likeness (QED) is 0.606. The zero-order valence-corrected chi connectivity index (χ0v) is 12.0. The number of ether oxygens (including phenoxy) is 2. The highest BCUT2D eigenvalue weighted by atomic mass is 16.6. The molecule has 0 spiro atoms. The molecule has 1 aromatic rings. The summed E-state index contributed by atoms with van der Waals surface area (Å²) in [5, 5.41) is 0. The van der Waals surface area contributed by atoms with Gasteiger partial charge in [-0.25, -0.2) is 0 Å². The molecule has 0 aromatic heterocycles. The molecule has 2 rings (SSSR count). The van der Waals surface area contributed by atoms with Crippen LogP contribution in [0.5, 0.6) is 5.75 Å². The van der Waals surface area contributed by atoms with Crippen LogP contribution in [0, 0.1) is 0 Å². The SMILES string of the molecule is CCCCCCCC(Oc1ccccc1)C1CCO1. The predicted molar refractivity (Wildman–Crippen MR) is 78.6 cm³/mol. The van der Waals surface area contributed by atoms with Gasteiger partial charge in [0.2, 0.25) is 0 Å². The minimum absolute atomic E-state index is 0.234. The van der Waals surface area contributed by atoms with E-state index in [1.165, 1.54) is 32.1 Å². The van der Waals surface area contributed by atoms with E-state index in [0.717, 1.165) is 25.2 Å². The van der Waals surface area contributed by atoms with Crippen molar-refractivity contribution in [1.29, 1.82) is 0 Å². The van der Waals surface area contributed by atoms with Gasteiger partial charge in [-0.2, -0.15) is 0 Å². The zero-order chi connectivity index (χ0) is 13.3. The van der Waals surface area contributed by atoms with Crippen LogP contribution < -0.4 is 4.74 Å². The fraction of sp³-hybridized carbons (Fsp3) is 0.647.